The van der Waals surface area contributed by atoms with E-state index >= 15 is 0 Å². The maximum Gasteiger partial charge on any atom is 0.249 e. The Kier molecular flexibility index (Phi) is 3.38. The highest BCUT2D eigenvalue weighted by Gasteiger charge is 2.38. The highest BCUT2D eigenvalue weighted by Crippen LogP contribution is 2.32. The van der Waals surface area contributed by atoms with E-state index in [1.54, 1.807) is 6.07 Å². The van der Waals surface area contributed by atoms with Crippen LogP contribution in [0.2, 0.25) is 0 Å². The molecular weight excluding hydrogens is 235 g/mol. The van der Waals surface area contributed by atoms with Gasteiger partial charge < -0.3 is 5.32 Å². The number of Topliss-reactive ketones (excluding diaryl/α,β-unsaturated/α-hetero) is 1. The summed E-state index contributed by atoms with van der Waals surface area (Å²) in [5.74, 6) is -2.81. The Labute approximate surface area is 103 Å². The quantitative estimate of drug-likeness (QED) is 0.824. The van der Waals surface area contributed by atoms with Crippen LogP contribution in [-0.4, -0.2) is 11.7 Å². The molecule has 5 heteroatoms. The van der Waals surface area contributed by atoms with Gasteiger partial charge in [0.15, 0.2) is 11.7 Å². The van der Waals surface area contributed by atoms with E-state index in [1.165, 1.54) is 24.3 Å². The molecule has 92 valence electrons. The van der Waals surface area contributed by atoms with E-state index in [0.717, 1.165) is 12.8 Å². The van der Waals surface area contributed by atoms with Crippen LogP contribution in [0.15, 0.2) is 24.3 Å². The number of anilines is 1. The van der Waals surface area contributed by atoms with Gasteiger partial charge in [0.05, 0.1) is 6.07 Å². The topological polar surface area (TPSA) is 70.0 Å². The molecule has 0 bridgehead atoms. The number of carbonyl (C=O) groups excluding carboxylic acids is 2. The molecule has 0 saturated heterocycles. The van der Waals surface area contributed by atoms with E-state index in [2.05, 4.69) is 5.32 Å². The SMILES string of the molecule is N#CC(C(=O)Nc1ccc(F)cc1)C(=O)C1CC1. The van der Waals surface area contributed by atoms with Crippen LogP contribution in [0.4, 0.5) is 10.1 Å². The summed E-state index contributed by atoms with van der Waals surface area (Å²) >= 11 is 0. The van der Waals surface area contributed by atoms with E-state index in [4.69, 9.17) is 5.26 Å². The molecule has 1 saturated carbocycles. The van der Waals surface area contributed by atoms with E-state index in [0.29, 0.717) is 5.69 Å². The third-order valence-corrected chi connectivity index (χ3v) is 2.77. The van der Waals surface area contributed by atoms with Crippen molar-refractivity contribution in [3.05, 3.63) is 30.1 Å². The van der Waals surface area contributed by atoms with Gasteiger partial charge in [0, 0.05) is 11.6 Å². The van der Waals surface area contributed by atoms with Crippen LogP contribution < -0.4 is 5.32 Å². The summed E-state index contributed by atoms with van der Waals surface area (Å²) in [6, 6.07) is 6.86. The third kappa shape index (κ3) is 2.72. The molecule has 1 unspecified atom stereocenters. The lowest BCUT2D eigenvalue weighted by Gasteiger charge is -2.08. The van der Waals surface area contributed by atoms with Gasteiger partial charge in [-0.2, -0.15) is 5.26 Å². The highest BCUT2D eigenvalue weighted by molar-refractivity contribution is 6.10. The van der Waals surface area contributed by atoms with Gasteiger partial charge in [-0.25, -0.2) is 4.39 Å². The molecule has 1 atom stereocenters. The van der Waals surface area contributed by atoms with Crippen LogP contribution in [-0.2, 0) is 9.59 Å². The lowest BCUT2D eigenvalue weighted by atomic mass is 10.0. The average Bonchev–Trinajstić information content (AvgIpc) is 3.17. The predicted octanol–water partition coefficient (Wildman–Crippen LogP) is 1.88. The summed E-state index contributed by atoms with van der Waals surface area (Å²) in [6.45, 7) is 0. The van der Waals surface area contributed by atoms with Gasteiger partial charge in [-0.1, -0.05) is 0 Å². The van der Waals surface area contributed by atoms with Crippen LogP contribution in [0.25, 0.3) is 0 Å². The summed E-state index contributed by atoms with van der Waals surface area (Å²) in [5.41, 5.74) is 0.366. The van der Waals surface area contributed by atoms with Gasteiger partial charge in [-0.15, -0.1) is 0 Å². The zero-order valence-corrected chi connectivity index (χ0v) is 9.52. The van der Waals surface area contributed by atoms with Crippen molar-refractivity contribution in [2.45, 2.75) is 12.8 Å². The molecule has 1 aromatic carbocycles. The number of nitriles is 1. The maximum absolute atomic E-state index is 12.7. The zero-order chi connectivity index (χ0) is 13.1. The number of hydrogen-bond acceptors (Lipinski definition) is 3. The first-order valence-electron chi connectivity index (χ1n) is 5.61. The van der Waals surface area contributed by atoms with Crippen LogP contribution >= 0.6 is 0 Å². The van der Waals surface area contributed by atoms with Gasteiger partial charge in [0.25, 0.3) is 0 Å². The standard InChI is InChI=1S/C13H11FN2O2/c14-9-3-5-10(6-4-9)16-13(18)11(7-15)12(17)8-1-2-8/h3-6,8,11H,1-2H2,(H,16,18). The number of amides is 1. The van der Waals surface area contributed by atoms with Crippen LogP contribution in [0.3, 0.4) is 0 Å². The summed E-state index contributed by atoms with van der Waals surface area (Å²) < 4.78 is 12.7. The molecule has 1 aliphatic rings. The van der Waals surface area contributed by atoms with Gasteiger partial charge in [0.2, 0.25) is 5.91 Å². The van der Waals surface area contributed by atoms with Crippen molar-refractivity contribution in [3.8, 4) is 6.07 Å². The number of nitrogens with zero attached hydrogens (tertiary/aromatic N) is 1. The minimum absolute atomic E-state index is 0.145. The second-order valence-electron chi connectivity index (χ2n) is 4.23. The van der Waals surface area contributed by atoms with Crippen LogP contribution in [0.5, 0.6) is 0 Å². The molecular formula is C13H11FN2O2. The van der Waals surface area contributed by atoms with Crippen molar-refractivity contribution in [3.63, 3.8) is 0 Å². The van der Waals surface area contributed by atoms with Crippen LogP contribution in [0, 0.1) is 29.0 Å². The molecule has 1 fully saturated rings. The van der Waals surface area contributed by atoms with Gasteiger partial charge >= 0.3 is 0 Å². The molecule has 0 aliphatic heterocycles. The van der Waals surface area contributed by atoms with E-state index < -0.39 is 17.6 Å². The second kappa shape index (κ2) is 4.96. The first-order valence-corrected chi connectivity index (χ1v) is 5.61. The monoisotopic (exact) mass is 246 g/mol. The number of benzene rings is 1. The number of ketones is 1. The third-order valence-electron chi connectivity index (χ3n) is 2.77. The van der Waals surface area contributed by atoms with Gasteiger partial charge in [-0.05, 0) is 37.1 Å². The first kappa shape index (κ1) is 12.2. The Bertz CT molecular complexity index is 515. The minimum Gasteiger partial charge on any atom is -0.325 e. The Morgan fingerprint density at radius 2 is 1.94 bits per heavy atom. The second-order valence-corrected chi connectivity index (χ2v) is 4.23. The van der Waals surface area contributed by atoms with Crippen molar-refractivity contribution in [1.82, 2.24) is 0 Å². The summed E-state index contributed by atoms with van der Waals surface area (Å²) in [6.07, 6.45) is 1.50. The molecule has 1 N–H and O–H groups in total. The lowest BCUT2D eigenvalue weighted by Crippen LogP contribution is -2.29. The molecule has 0 heterocycles. The Morgan fingerprint density at radius 3 is 2.44 bits per heavy atom. The van der Waals surface area contributed by atoms with Crippen molar-refractivity contribution in [1.29, 1.82) is 5.26 Å². The number of hydrogen-bond donors (Lipinski definition) is 1. The summed E-state index contributed by atoms with van der Waals surface area (Å²) in [4.78, 5) is 23.4. The minimum atomic E-state index is -1.28. The molecule has 1 amide bonds. The smallest absolute Gasteiger partial charge is 0.249 e. The fourth-order valence-electron chi connectivity index (χ4n) is 1.60. The van der Waals surface area contributed by atoms with Crippen molar-refractivity contribution in [2.75, 3.05) is 5.32 Å². The van der Waals surface area contributed by atoms with E-state index in [9.17, 15) is 14.0 Å². The number of carbonyl (C=O) groups is 2. The maximum atomic E-state index is 12.7. The average molecular weight is 246 g/mol. The fraction of sp³-hybridized carbons (Fsp3) is 0.308. The van der Waals surface area contributed by atoms with Gasteiger partial charge in [-0.3, -0.25) is 9.59 Å². The molecule has 1 aromatic rings. The zero-order valence-electron chi connectivity index (χ0n) is 9.52. The molecule has 2 rings (SSSR count). The van der Waals surface area contributed by atoms with Crippen molar-refractivity contribution < 1.29 is 14.0 Å². The van der Waals surface area contributed by atoms with Crippen molar-refractivity contribution in [2.24, 2.45) is 11.8 Å². The first-order chi connectivity index (χ1) is 8.61. The number of halogens is 1. The fourth-order valence-corrected chi connectivity index (χ4v) is 1.60. The van der Waals surface area contributed by atoms with E-state index in [1.807, 2.05) is 0 Å². The molecule has 4 nitrogen and oxygen atoms in total. The molecule has 1 aliphatic carbocycles. The Hall–Kier alpha value is -2.22. The molecule has 0 radical (unpaired) electrons. The van der Waals surface area contributed by atoms with Gasteiger partial charge in [0.1, 0.15) is 5.82 Å². The largest absolute Gasteiger partial charge is 0.325 e. The molecule has 18 heavy (non-hydrogen) atoms. The summed E-state index contributed by atoms with van der Waals surface area (Å²) in [5, 5.41) is 11.3. The summed E-state index contributed by atoms with van der Waals surface area (Å²) in [7, 11) is 0. The van der Waals surface area contributed by atoms with Crippen LogP contribution in [0.1, 0.15) is 12.8 Å². The Morgan fingerprint density at radius 1 is 1.33 bits per heavy atom. The highest BCUT2D eigenvalue weighted by atomic mass is 19.1. The Balaban J connectivity index is 2.03. The van der Waals surface area contributed by atoms with Crippen molar-refractivity contribution >= 4 is 17.4 Å². The molecule has 0 spiro atoms. The lowest BCUT2D eigenvalue weighted by molar-refractivity contribution is -0.129. The normalized spacial score (nSPS) is 15.6. The predicted molar refractivity (Wildman–Crippen MR) is 61.9 cm³/mol. The molecule has 0 aromatic heterocycles. The number of nitrogens with one attached hydrogen (secondary N) is 1. The number of rotatable bonds is 4. The van der Waals surface area contributed by atoms with E-state index in [-0.39, 0.29) is 11.7 Å².